The van der Waals surface area contributed by atoms with Crippen LogP contribution in [0.15, 0.2) is 34.9 Å². The molecule has 120 valence electrons. The molecule has 23 heavy (non-hydrogen) atoms. The SMILES string of the molecule is CC[C@@]1(c2ccc(Cl)cc2)NC(=O)N(Cc2cc(C)no2)C1=O. The first-order valence-electron chi connectivity index (χ1n) is 7.28. The number of nitrogens with zero attached hydrogens (tertiary/aromatic N) is 2. The summed E-state index contributed by atoms with van der Waals surface area (Å²) in [4.78, 5) is 26.4. The van der Waals surface area contributed by atoms with Gasteiger partial charge in [-0.1, -0.05) is 35.8 Å². The first-order valence-corrected chi connectivity index (χ1v) is 7.66. The van der Waals surface area contributed by atoms with E-state index in [1.807, 2.05) is 6.92 Å². The minimum atomic E-state index is -1.07. The molecule has 1 N–H and O–H groups in total. The summed E-state index contributed by atoms with van der Waals surface area (Å²) in [6.45, 7) is 3.69. The molecule has 0 aliphatic carbocycles. The van der Waals surface area contributed by atoms with Crippen molar-refractivity contribution in [1.29, 1.82) is 0 Å². The highest BCUT2D eigenvalue weighted by atomic mass is 35.5. The molecule has 0 unspecified atom stereocenters. The Kier molecular flexibility index (Phi) is 3.85. The third-order valence-corrected chi connectivity index (χ3v) is 4.29. The minimum Gasteiger partial charge on any atom is -0.359 e. The van der Waals surface area contributed by atoms with Gasteiger partial charge < -0.3 is 9.84 Å². The van der Waals surface area contributed by atoms with Crippen LogP contribution in [0.25, 0.3) is 0 Å². The Hall–Kier alpha value is -2.34. The molecular formula is C16H16ClN3O3. The van der Waals surface area contributed by atoms with Gasteiger partial charge in [0.1, 0.15) is 5.54 Å². The molecule has 1 fully saturated rings. The van der Waals surface area contributed by atoms with Gasteiger partial charge in [-0.2, -0.15) is 0 Å². The van der Waals surface area contributed by atoms with Gasteiger partial charge in [0.25, 0.3) is 5.91 Å². The van der Waals surface area contributed by atoms with Crippen molar-refractivity contribution in [3.8, 4) is 0 Å². The van der Waals surface area contributed by atoms with E-state index in [-0.39, 0.29) is 12.5 Å². The highest BCUT2D eigenvalue weighted by Gasteiger charge is 2.51. The molecule has 2 heterocycles. The molecule has 1 aliphatic heterocycles. The fourth-order valence-corrected chi connectivity index (χ4v) is 2.92. The van der Waals surface area contributed by atoms with Gasteiger partial charge in [-0.15, -0.1) is 0 Å². The number of carbonyl (C=O) groups is 2. The van der Waals surface area contributed by atoms with Crippen LogP contribution in [0.5, 0.6) is 0 Å². The Morgan fingerprint density at radius 2 is 2.00 bits per heavy atom. The van der Waals surface area contributed by atoms with Crippen LogP contribution in [0.4, 0.5) is 4.79 Å². The minimum absolute atomic E-state index is 0.0564. The molecule has 1 aliphatic rings. The lowest BCUT2D eigenvalue weighted by molar-refractivity contribution is -0.132. The summed E-state index contributed by atoms with van der Waals surface area (Å²) in [6.07, 6.45) is 0.436. The molecule has 1 saturated heterocycles. The number of hydrogen-bond acceptors (Lipinski definition) is 4. The zero-order chi connectivity index (χ0) is 16.6. The smallest absolute Gasteiger partial charge is 0.325 e. The zero-order valence-corrected chi connectivity index (χ0v) is 13.6. The molecule has 3 rings (SSSR count). The largest absolute Gasteiger partial charge is 0.359 e. The Morgan fingerprint density at radius 1 is 1.30 bits per heavy atom. The summed E-state index contributed by atoms with van der Waals surface area (Å²) in [5, 5.41) is 7.16. The Labute approximate surface area is 138 Å². The lowest BCUT2D eigenvalue weighted by atomic mass is 9.87. The van der Waals surface area contributed by atoms with Crippen molar-refractivity contribution in [3.05, 3.63) is 52.4 Å². The lowest BCUT2D eigenvalue weighted by Crippen LogP contribution is -2.43. The van der Waals surface area contributed by atoms with Gasteiger partial charge >= 0.3 is 6.03 Å². The molecule has 0 radical (unpaired) electrons. The fraction of sp³-hybridized carbons (Fsp3) is 0.312. The second-order valence-corrected chi connectivity index (χ2v) is 5.96. The van der Waals surface area contributed by atoms with E-state index in [1.54, 1.807) is 37.3 Å². The number of hydrogen-bond donors (Lipinski definition) is 1. The van der Waals surface area contributed by atoms with Crippen molar-refractivity contribution in [2.24, 2.45) is 0 Å². The van der Waals surface area contributed by atoms with Crippen molar-refractivity contribution >= 4 is 23.5 Å². The number of benzene rings is 1. The molecule has 1 aromatic heterocycles. The Balaban J connectivity index is 1.93. The van der Waals surface area contributed by atoms with Crippen LogP contribution in [-0.4, -0.2) is 22.0 Å². The van der Waals surface area contributed by atoms with Gasteiger partial charge in [-0.05, 0) is 31.0 Å². The predicted molar refractivity (Wildman–Crippen MR) is 83.7 cm³/mol. The van der Waals surface area contributed by atoms with Crippen molar-refractivity contribution in [2.75, 3.05) is 0 Å². The highest BCUT2D eigenvalue weighted by Crippen LogP contribution is 2.33. The number of aromatic nitrogens is 1. The summed E-state index contributed by atoms with van der Waals surface area (Å²) in [6, 6.07) is 8.18. The summed E-state index contributed by atoms with van der Waals surface area (Å²) >= 11 is 5.91. The molecule has 0 bridgehead atoms. The third-order valence-electron chi connectivity index (χ3n) is 4.03. The molecule has 2 aromatic rings. The molecule has 1 atom stereocenters. The molecule has 6 nitrogen and oxygen atoms in total. The average Bonchev–Trinajstić information content (AvgIpc) is 3.05. The normalized spacial score (nSPS) is 20.9. The molecule has 0 saturated carbocycles. The van der Waals surface area contributed by atoms with Gasteiger partial charge in [-0.25, -0.2) is 4.79 Å². The lowest BCUT2D eigenvalue weighted by Gasteiger charge is -2.25. The topological polar surface area (TPSA) is 75.4 Å². The van der Waals surface area contributed by atoms with Gasteiger partial charge in [0.15, 0.2) is 5.76 Å². The van der Waals surface area contributed by atoms with Gasteiger partial charge in [0.05, 0.1) is 12.2 Å². The van der Waals surface area contributed by atoms with Gasteiger partial charge in [0, 0.05) is 11.1 Å². The van der Waals surface area contributed by atoms with Gasteiger partial charge in [0.2, 0.25) is 0 Å². The van der Waals surface area contributed by atoms with E-state index in [0.29, 0.717) is 28.5 Å². The average molecular weight is 334 g/mol. The quantitative estimate of drug-likeness (QED) is 0.873. The van der Waals surface area contributed by atoms with Crippen molar-refractivity contribution in [3.63, 3.8) is 0 Å². The summed E-state index contributed by atoms with van der Waals surface area (Å²) in [5.74, 6) is 0.162. The maximum Gasteiger partial charge on any atom is 0.325 e. The van der Waals surface area contributed by atoms with Crippen LogP contribution in [0.3, 0.4) is 0 Å². The van der Waals surface area contributed by atoms with Gasteiger partial charge in [-0.3, -0.25) is 9.69 Å². The predicted octanol–water partition coefficient (Wildman–Crippen LogP) is 2.99. The van der Waals surface area contributed by atoms with E-state index < -0.39 is 11.6 Å². The maximum absolute atomic E-state index is 12.9. The fourth-order valence-electron chi connectivity index (χ4n) is 2.79. The maximum atomic E-state index is 12.9. The van der Waals surface area contributed by atoms with Crippen molar-refractivity contribution in [1.82, 2.24) is 15.4 Å². The number of nitrogens with one attached hydrogen (secondary N) is 1. The first-order chi connectivity index (χ1) is 11.0. The number of rotatable bonds is 4. The monoisotopic (exact) mass is 333 g/mol. The number of halogens is 1. The van der Waals surface area contributed by atoms with Crippen LogP contribution < -0.4 is 5.32 Å². The molecule has 7 heteroatoms. The van der Waals surface area contributed by atoms with Crippen LogP contribution in [0.1, 0.15) is 30.4 Å². The highest BCUT2D eigenvalue weighted by molar-refractivity contribution is 6.30. The number of imide groups is 1. The Morgan fingerprint density at radius 3 is 2.57 bits per heavy atom. The van der Waals surface area contributed by atoms with E-state index in [4.69, 9.17) is 16.1 Å². The van der Waals surface area contributed by atoms with Crippen molar-refractivity contribution < 1.29 is 14.1 Å². The van der Waals surface area contributed by atoms with Crippen LogP contribution in [-0.2, 0) is 16.9 Å². The number of aryl methyl sites for hydroxylation is 1. The third kappa shape index (κ3) is 2.59. The first kappa shape index (κ1) is 15.6. The number of carbonyl (C=O) groups excluding carboxylic acids is 2. The van der Waals surface area contributed by atoms with E-state index in [9.17, 15) is 9.59 Å². The van der Waals surface area contributed by atoms with Crippen LogP contribution >= 0.6 is 11.6 Å². The van der Waals surface area contributed by atoms with E-state index in [2.05, 4.69) is 10.5 Å². The second kappa shape index (κ2) is 5.70. The molecular weight excluding hydrogens is 318 g/mol. The number of amides is 3. The zero-order valence-electron chi connectivity index (χ0n) is 12.8. The molecule has 3 amide bonds. The van der Waals surface area contributed by atoms with E-state index >= 15 is 0 Å². The second-order valence-electron chi connectivity index (χ2n) is 5.52. The van der Waals surface area contributed by atoms with E-state index in [1.165, 1.54) is 0 Å². The summed E-state index contributed by atoms with van der Waals surface area (Å²) in [7, 11) is 0. The van der Waals surface area contributed by atoms with Crippen LogP contribution in [0, 0.1) is 6.92 Å². The summed E-state index contributed by atoms with van der Waals surface area (Å²) < 4.78 is 5.10. The van der Waals surface area contributed by atoms with Crippen LogP contribution in [0.2, 0.25) is 5.02 Å². The number of urea groups is 1. The van der Waals surface area contributed by atoms with E-state index in [0.717, 1.165) is 4.90 Å². The Bertz CT molecular complexity index is 756. The molecule has 0 spiro atoms. The van der Waals surface area contributed by atoms with Crippen molar-refractivity contribution in [2.45, 2.75) is 32.4 Å². The molecule has 1 aromatic carbocycles. The summed E-state index contributed by atoms with van der Waals surface area (Å²) in [5.41, 5.74) is 0.335. The standard InChI is InChI=1S/C16H16ClN3O3/c1-3-16(11-4-6-12(17)7-5-11)14(21)20(15(22)18-16)9-13-8-10(2)19-23-13/h4-8H,3,9H2,1-2H3,(H,18,22)/t16-/m0/s1.